The van der Waals surface area contributed by atoms with Gasteiger partial charge in [-0.15, -0.1) is 11.6 Å². The Bertz CT molecular complexity index is 294. The van der Waals surface area contributed by atoms with E-state index in [9.17, 15) is 9.59 Å². The van der Waals surface area contributed by atoms with Crippen molar-refractivity contribution in [1.29, 1.82) is 0 Å². The molecule has 1 heterocycles. The molecule has 0 unspecified atom stereocenters. The highest BCUT2D eigenvalue weighted by atomic mass is 35.5. The van der Waals surface area contributed by atoms with Crippen molar-refractivity contribution in [3.05, 3.63) is 0 Å². The van der Waals surface area contributed by atoms with Gasteiger partial charge in [0.05, 0.1) is 0 Å². The van der Waals surface area contributed by atoms with Crippen LogP contribution >= 0.6 is 11.6 Å². The van der Waals surface area contributed by atoms with Crippen molar-refractivity contribution in [2.75, 3.05) is 19.0 Å². The van der Waals surface area contributed by atoms with Crippen LogP contribution in [0.5, 0.6) is 0 Å². The lowest BCUT2D eigenvalue weighted by Crippen LogP contribution is -2.53. The number of halogens is 1. The minimum absolute atomic E-state index is 0.0223. The fraction of sp³-hybridized carbons (Fsp3) is 0.833. The van der Waals surface area contributed by atoms with Gasteiger partial charge in [0, 0.05) is 32.1 Å². The summed E-state index contributed by atoms with van der Waals surface area (Å²) in [5, 5.41) is 0. The van der Waals surface area contributed by atoms with Crippen LogP contribution in [-0.4, -0.2) is 52.7 Å². The number of rotatable bonds is 3. The first-order valence-electron chi connectivity index (χ1n) is 6.10. The van der Waals surface area contributed by atoms with E-state index in [1.54, 1.807) is 11.8 Å². The van der Waals surface area contributed by atoms with Gasteiger partial charge in [0.1, 0.15) is 5.88 Å². The molecule has 1 atom stereocenters. The molecule has 1 rings (SSSR count). The molecule has 0 spiro atoms. The molecule has 1 aliphatic heterocycles. The van der Waals surface area contributed by atoms with Crippen molar-refractivity contribution >= 4 is 23.4 Å². The molecule has 98 valence electrons. The molecule has 1 fully saturated rings. The van der Waals surface area contributed by atoms with Gasteiger partial charge in [0.25, 0.3) is 0 Å². The zero-order chi connectivity index (χ0) is 13.0. The van der Waals surface area contributed by atoms with Crippen LogP contribution in [0.1, 0.15) is 33.6 Å². The molecule has 1 saturated heterocycles. The lowest BCUT2D eigenvalue weighted by atomic mass is 10.0. The number of piperidine rings is 1. The summed E-state index contributed by atoms with van der Waals surface area (Å²) in [6.45, 7) is 6.96. The number of carbonyl (C=O) groups is 2. The van der Waals surface area contributed by atoms with E-state index in [1.807, 2.05) is 18.7 Å². The highest BCUT2D eigenvalue weighted by molar-refractivity contribution is 6.27. The van der Waals surface area contributed by atoms with Gasteiger partial charge in [0.2, 0.25) is 11.8 Å². The molecule has 1 aliphatic rings. The fourth-order valence-electron chi connectivity index (χ4n) is 2.54. The van der Waals surface area contributed by atoms with E-state index in [2.05, 4.69) is 0 Å². The third-order valence-corrected chi connectivity index (χ3v) is 3.41. The first-order valence-corrected chi connectivity index (χ1v) is 6.63. The Labute approximate surface area is 108 Å². The predicted octanol–water partition coefficient (Wildman–Crippen LogP) is 1.47. The Morgan fingerprint density at radius 3 is 2.59 bits per heavy atom. The van der Waals surface area contributed by atoms with Crippen LogP contribution in [0.3, 0.4) is 0 Å². The van der Waals surface area contributed by atoms with Gasteiger partial charge < -0.3 is 9.80 Å². The summed E-state index contributed by atoms with van der Waals surface area (Å²) >= 11 is 5.57. The first-order chi connectivity index (χ1) is 7.97. The molecular weight excluding hydrogens is 240 g/mol. The smallest absolute Gasteiger partial charge is 0.237 e. The zero-order valence-corrected chi connectivity index (χ0v) is 11.5. The van der Waals surface area contributed by atoms with Gasteiger partial charge in [0.15, 0.2) is 0 Å². The highest BCUT2D eigenvalue weighted by Crippen LogP contribution is 2.18. The summed E-state index contributed by atoms with van der Waals surface area (Å²) in [4.78, 5) is 26.8. The fourth-order valence-corrected chi connectivity index (χ4v) is 2.70. The van der Waals surface area contributed by atoms with Crippen LogP contribution in [-0.2, 0) is 9.59 Å². The lowest BCUT2D eigenvalue weighted by Gasteiger charge is -2.40. The second-order valence-corrected chi connectivity index (χ2v) is 5.06. The molecule has 0 radical (unpaired) electrons. The summed E-state index contributed by atoms with van der Waals surface area (Å²) in [5.74, 6) is 0.0582. The second kappa shape index (κ2) is 6.24. The number of hydrogen-bond donors (Lipinski definition) is 0. The number of hydrogen-bond acceptors (Lipinski definition) is 2. The molecule has 0 saturated carbocycles. The van der Waals surface area contributed by atoms with Crippen LogP contribution < -0.4 is 0 Å². The molecule has 0 N–H and O–H groups in total. The Kier molecular flexibility index (Phi) is 5.25. The monoisotopic (exact) mass is 260 g/mol. The largest absolute Gasteiger partial charge is 0.340 e. The van der Waals surface area contributed by atoms with Gasteiger partial charge in [-0.3, -0.25) is 9.59 Å². The Balaban J connectivity index is 2.70. The van der Waals surface area contributed by atoms with Crippen LogP contribution in [0.2, 0.25) is 0 Å². The topological polar surface area (TPSA) is 40.6 Å². The van der Waals surface area contributed by atoms with Crippen LogP contribution in [0.15, 0.2) is 0 Å². The second-order valence-electron chi connectivity index (χ2n) is 4.79. The summed E-state index contributed by atoms with van der Waals surface area (Å²) in [5.41, 5.74) is 0. The number of likely N-dealkylation sites (tertiary alicyclic amines) is 1. The molecular formula is C12H21ClN2O2. The molecule has 0 aliphatic carbocycles. The summed E-state index contributed by atoms with van der Waals surface area (Å²) in [6, 6.07) is 0.303. The van der Waals surface area contributed by atoms with E-state index in [4.69, 9.17) is 11.6 Å². The van der Waals surface area contributed by atoms with Crippen molar-refractivity contribution in [2.24, 2.45) is 0 Å². The van der Waals surface area contributed by atoms with Gasteiger partial charge in [-0.05, 0) is 26.7 Å². The van der Waals surface area contributed by atoms with E-state index in [1.165, 1.54) is 0 Å². The van der Waals surface area contributed by atoms with Crippen molar-refractivity contribution < 1.29 is 9.59 Å². The quantitative estimate of drug-likeness (QED) is 0.721. The van der Waals surface area contributed by atoms with Gasteiger partial charge in [-0.25, -0.2) is 0 Å². The van der Waals surface area contributed by atoms with Crippen LogP contribution in [0, 0.1) is 0 Å². The van der Waals surface area contributed by atoms with E-state index >= 15 is 0 Å². The van der Waals surface area contributed by atoms with Crippen molar-refractivity contribution in [1.82, 2.24) is 9.80 Å². The highest BCUT2D eigenvalue weighted by Gasteiger charge is 2.30. The Morgan fingerprint density at radius 2 is 2.12 bits per heavy atom. The number of amides is 2. The Hall–Kier alpha value is -0.770. The lowest BCUT2D eigenvalue weighted by molar-refractivity contribution is -0.138. The third-order valence-electron chi connectivity index (χ3n) is 3.18. The van der Waals surface area contributed by atoms with Gasteiger partial charge in [-0.1, -0.05) is 0 Å². The van der Waals surface area contributed by atoms with Crippen molar-refractivity contribution in [3.63, 3.8) is 0 Å². The summed E-state index contributed by atoms with van der Waals surface area (Å²) in [6.07, 6.45) is 1.90. The molecule has 4 nitrogen and oxygen atoms in total. The molecule has 0 aromatic rings. The maximum atomic E-state index is 11.6. The maximum absolute atomic E-state index is 11.6. The molecule has 0 bridgehead atoms. The van der Waals surface area contributed by atoms with E-state index in [-0.39, 0.29) is 29.8 Å². The zero-order valence-electron chi connectivity index (χ0n) is 10.8. The van der Waals surface area contributed by atoms with E-state index in [0.29, 0.717) is 6.54 Å². The van der Waals surface area contributed by atoms with Crippen LogP contribution in [0.4, 0.5) is 0 Å². The average molecular weight is 261 g/mol. The molecule has 0 aromatic carbocycles. The summed E-state index contributed by atoms with van der Waals surface area (Å²) < 4.78 is 0. The number of carbonyl (C=O) groups excluding carboxylic acids is 2. The van der Waals surface area contributed by atoms with Crippen molar-refractivity contribution in [2.45, 2.75) is 45.7 Å². The normalized spacial score (nSPS) is 20.5. The van der Waals surface area contributed by atoms with Gasteiger partial charge >= 0.3 is 0 Å². The number of alkyl halides is 1. The first kappa shape index (κ1) is 14.3. The predicted molar refractivity (Wildman–Crippen MR) is 68.0 cm³/mol. The Morgan fingerprint density at radius 1 is 1.47 bits per heavy atom. The third kappa shape index (κ3) is 3.60. The molecule has 17 heavy (non-hydrogen) atoms. The number of nitrogens with zero attached hydrogens (tertiary/aromatic N) is 2. The van der Waals surface area contributed by atoms with E-state index < -0.39 is 0 Å². The standard InChI is InChI=1S/C12H21ClN2O2/c1-9(2)15(10(3)16)11-5-4-6-14(8-11)12(17)7-13/h9,11H,4-8H2,1-3H3/t11-/m1/s1. The van der Waals surface area contributed by atoms with Crippen LogP contribution in [0.25, 0.3) is 0 Å². The van der Waals surface area contributed by atoms with Gasteiger partial charge in [-0.2, -0.15) is 0 Å². The molecule has 5 heteroatoms. The minimum Gasteiger partial charge on any atom is -0.340 e. The van der Waals surface area contributed by atoms with E-state index in [0.717, 1.165) is 19.4 Å². The SMILES string of the molecule is CC(=O)N(C(C)C)[C@@H]1CCCN(C(=O)CCl)C1. The molecule has 2 amide bonds. The minimum atomic E-state index is -0.0383. The molecule has 0 aromatic heterocycles. The van der Waals surface area contributed by atoms with Crippen molar-refractivity contribution in [3.8, 4) is 0 Å². The summed E-state index contributed by atoms with van der Waals surface area (Å²) in [7, 11) is 0. The average Bonchev–Trinajstić information content (AvgIpc) is 2.27. The maximum Gasteiger partial charge on any atom is 0.237 e.